The van der Waals surface area contributed by atoms with E-state index in [4.69, 9.17) is 11.6 Å². The third-order valence-electron chi connectivity index (χ3n) is 4.60. The molecule has 1 saturated heterocycles. The highest BCUT2D eigenvalue weighted by atomic mass is 35.5. The first-order valence-electron chi connectivity index (χ1n) is 8.49. The van der Waals surface area contributed by atoms with Gasteiger partial charge in [0.2, 0.25) is 5.95 Å². The number of aromatic nitrogens is 5. The van der Waals surface area contributed by atoms with Crippen molar-refractivity contribution in [3.05, 3.63) is 17.0 Å². The predicted octanol–water partition coefficient (Wildman–Crippen LogP) is 3.75. The molecule has 0 amide bonds. The Hall–Kier alpha value is -1.34. The highest BCUT2D eigenvalue weighted by Gasteiger charge is 2.32. The Morgan fingerprint density at radius 3 is 2.54 bits per heavy atom. The van der Waals surface area contributed by atoms with Crippen LogP contribution >= 0.6 is 23.4 Å². The minimum absolute atomic E-state index is 0.465. The van der Waals surface area contributed by atoms with Gasteiger partial charge >= 0.3 is 0 Å². The van der Waals surface area contributed by atoms with Crippen molar-refractivity contribution in [1.29, 1.82) is 0 Å². The summed E-state index contributed by atoms with van der Waals surface area (Å²) in [5.74, 6) is 2.50. The van der Waals surface area contributed by atoms with Gasteiger partial charge in [0.05, 0.1) is 0 Å². The van der Waals surface area contributed by atoms with Crippen LogP contribution in [0, 0.1) is 12.8 Å². The van der Waals surface area contributed by atoms with Crippen LogP contribution in [0.1, 0.15) is 44.5 Å². The molecule has 0 unspecified atom stereocenters. The number of aryl methyl sites for hydroxylation is 1. The van der Waals surface area contributed by atoms with Crippen LogP contribution in [0.3, 0.4) is 0 Å². The Labute approximate surface area is 151 Å². The van der Waals surface area contributed by atoms with Crippen LogP contribution in [-0.4, -0.2) is 37.8 Å². The van der Waals surface area contributed by atoms with Crippen molar-refractivity contribution in [3.8, 4) is 0 Å². The summed E-state index contributed by atoms with van der Waals surface area (Å²) in [5, 5.41) is 11.2. The lowest BCUT2D eigenvalue weighted by Crippen LogP contribution is -2.34. The summed E-state index contributed by atoms with van der Waals surface area (Å²) in [6.45, 7) is 6.30. The van der Waals surface area contributed by atoms with Gasteiger partial charge in [-0.2, -0.15) is 0 Å². The monoisotopic (exact) mass is 364 g/mol. The van der Waals surface area contributed by atoms with Gasteiger partial charge < -0.3 is 4.90 Å². The lowest BCUT2D eigenvalue weighted by molar-refractivity contribution is 0.429. The Balaban J connectivity index is 1.62. The number of halogens is 1. The quantitative estimate of drug-likeness (QED) is 0.770. The maximum absolute atomic E-state index is 6.06. The molecule has 1 saturated carbocycles. The van der Waals surface area contributed by atoms with Crippen molar-refractivity contribution in [2.45, 2.75) is 55.8 Å². The summed E-state index contributed by atoms with van der Waals surface area (Å²) in [7, 11) is 0. The van der Waals surface area contributed by atoms with Gasteiger partial charge in [-0.3, -0.25) is 4.57 Å². The average Bonchev–Trinajstić information content (AvgIpc) is 3.28. The largest absolute Gasteiger partial charge is 0.341 e. The second-order valence-corrected chi connectivity index (χ2v) is 8.11. The van der Waals surface area contributed by atoms with Gasteiger partial charge in [0.1, 0.15) is 16.0 Å². The minimum atomic E-state index is 0.465. The normalized spacial score (nSPS) is 19.0. The molecule has 0 aromatic carbocycles. The predicted molar refractivity (Wildman–Crippen MR) is 94.8 cm³/mol. The number of nitrogens with zero attached hydrogens (tertiary/aromatic N) is 6. The van der Waals surface area contributed by atoms with Gasteiger partial charge in [0, 0.05) is 25.2 Å². The Kier molecular flexibility index (Phi) is 4.39. The highest BCUT2D eigenvalue weighted by molar-refractivity contribution is 7.99. The van der Waals surface area contributed by atoms with Crippen molar-refractivity contribution < 1.29 is 0 Å². The van der Waals surface area contributed by atoms with E-state index in [-0.39, 0.29) is 0 Å². The fraction of sp³-hybridized carbons (Fsp3) is 0.625. The van der Waals surface area contributed by atoms with E-state index in [1.54, 1.807) is 6.07 Å². The Bertz CT molecular complexity index is 716. The summed E-state index contributed by atoms with van der Waals surface area (Å²) < 4.78 is 2.30. The van der Waals surface area contributed by atoms with Crippen LogP contribution < -0.4 is 4.90 Å². The van der Waals surface area contributed by atoms with Gasteiger partial charge in [-0.05, 0) is 50.3 Å². The van der Waals surface area contributed by atoms with Crippen molar-refractivity contribution in [2.24, 2.45) is 5.92 Å². The number of piperidine rings is 1. The second-order valence-electron chi connectivity index (χ2n) is 6.73. The molecule has 1 aliphatic heterocycles. The number of rotatable bonds is 4. The summed E-state index contributed by atoms with van der Waals surface area (Å²) in [6.07, 6.45) is 4.85. The van der Waals surface area contributed by atoms with Crippen molar-refractivity contribution in [1.82, 2.24) is 24.7 Å². The minimum Gasteiger partial charge on any atom is -0.341 e. The molecule has 128 valence electrons. The van der Waals surface area contributed by atoms with E-state index in [0.29, 0.717) is 17.0 Å². The molecule has 2 fully saturated rings. The molecule has 4 rings (SSSR count). The van der Waals surface area contributed by atoms with E-state index in [9.17, 15) is 0 Å². The van der Waals surface area contributed by atoms with Crippen LogP contribution in [0.5, 0.6) is 0 Å². The second kappa shape index (κ2) is 6.52. The van der Waals surface area contributed by atoms with Crippen molar-refractivity contribution in [2.75, 3.05) is 18.0 Å². The van der Waals surface area contributed by atoms with Gasteiger partial charge in [-0.1, -0.05) is 18.5 Å². The smallest absolute Gasteiger partial charge is 0.228 e. The zero-order chi connectivity index (χ0) is 16.7. The summed E-state index contributed by atoms with van der Waals surface area (Å²) in [6, 6.07) is 2.31. The molecule has 6 nitrogen and oxygen atoms in total. The lowest BCUT2D eigenvalue weighted by Gasteiger charge is -2.31. The third-order valence-corrected chi connectivity index (χ3v) is 5.68. The Morgan fingerprint density at radius 2 is 1.88 bits per heavy atom. The van der Waals surface area contributed by atoms with E-state index in [0.717, 1.165) is 35.1 Å². The molecule has 0 spiro atoms. The molecule has 8 heteroatoms. The molecule has 0 atom stereocenters. The highest BCUT2D eigenvalue weighted by Crippen LogP contribution is 2.42. The van der Waals surface area contributed by atoms with Gasteiger partial charge in [-0.15, -0.1) is 10.2 Å². The molecule has 24 heavy (non-hydrogen) atoms. The standard InChI is InChI=1S/C16H21ClN6S/c1-10-5-7-22(8-6-10)15-20-21-16(23(15)12-3-4-12)24-14-9-13(17)18-11(2)19-14/h9-10,12H,3-8H2,1-2H3. The molecule has 0 radical (unpaired) electrons. The summed E-state index contributed by atoms with van der Waals surface area (Å²) >= 11 is 7.58. The molecular weight excluding hydrogens is 344 g/mol. The number of hydrogen-bond donors (Lipinski definition) is 0. The molecule has 2 aliphatic rings. The van der Waals surface area contributed by atoms with Gasteiger partial charge in [0.15, 0.2) is 5.16 Å². The number of anilines is 1. The fourth-order valence-electron chi connectivity index (χ4n) is 3.07. The molecule has 0 N–H and O–H groups in total. The molecule has 2 aromatic heterocycles. The first-order chi connectivity index (χ1) is 11.6. The average molecular weight is 365 g/mol. The number of hydrogen-bond acceptors (Lipinski definition) is 6. The van der Waals surface area contributed by atoms with E-state index in [1.807, 2.05) is 6.92 Å². The van der Waals surface area contributed by atoms with E-state index in [2.05, 4.69) is 36.6 Å². The van der Waals surface area contributed by atoms with E-state index >= 15 is 0 Å². The van der Waals surface area contributed by atoms with Gasteiger partial charge in [0.25, 0.3) is 0 Å². The lowest BCUT2D eigenvalue weighted by atomic mass is 10.00. The van der Waals surface area contributed by atoms with Gasteiger partial charge in [-0.25, -0.2) is 9.97 Å². The summed E-state index contributed by atoms with van der Waals surface area (Å²) in [5.41, 5.74) is 0. The van der Waals surface area contributed by atoms with Crippen LogP contribution in [-0.2, 0) is 0 Å². The zero-order valence-electron chi connectivity index (χ0n) is 13.9. The molecular formula is C16H21ClN6S. The molecule has 0 bridgehead atoms. The molecule has 3 heterocycles. The van der Waals surface area contributed by atoms with E-state index < -0.39 is 0 Å². The SMILES string of the molecule is Cc1nc(Cl)cc(Sc2nnc(N3CCC(C)CC3)n2C2CC2)n1. The Morgan fingerprint density at radius 1 is 1.12 bits per heavy atom. The molecule has 2 aromatic rings. The zero-order valence-corrected chi connectivity index (χ0v) is 15.5. The molecule has 1 aliphatic carbocycles. The fourth-order valence-corrected chi connectivity index (χ4v) is 4.30. The maximum atomic E-state index is 6.06. The maximum Gasteiger partial charge on any atom is 0.228 e. The third kappa shape index (κ3) is 3.37. The first kappa shape index (κ1) is 16.1. The van der Waals surface area contributed by atoms with Crippen LogP contribution in [0.4, 0.5) is 5.95 Å². The van der Waals surface area contributed by atoms with E-state index in [1.165, 1.54) is 37.4 Å². The van der Waals surface area contributed by atoms with Crippen molar-refractivity contribution >= 4 is 29.3 Å². The first-order valence-corrected chi connectivity index (χ1v) is 9.68. The summed E-state index contributed by atoms with van der Waals surface area (Å²) in [4.78, 5) is 11.0. The van der Waals surface area contributed by atoms with Crippen LogP contribution in [0.25, 0.3) is 0 Å². The topological polar surface area (TPSA) is 59.7 Å². The van der Waals surface area contributed by atoms with Crippen molar-refractivity contribution in [3.63, 3.8) is 0 Å². The van der Waals surface area contributed by atoms with Crippen LogP contribution in [0.2, 0.25) is 5.15 Å². The van der Waals surface area contributed by atoms with Crippen LogP contribution in [0.15, 0.2) is 16.2 Å².